The largest absolute Gasteiger partial charge is 0.352 e. The molecule has 0 spiro atoms. The van der Waals surface area contributed by atoms with Crippen LogP contribution in [0.4, 0.5) is 4.39 Å². The molecule has 2 bridgehead atoms. The first-order valence-corrected chi connectivity index (χ1v) is 7.66. The molecule has 0 heterocycles. The van der Waals surface area contributed by atoms with Crippen LogP contribution in [-0.2, 0) is 0 Å². The van der Waals surface area contributed by atoms with E-state index in [1.807, 2.05) is 0 Å². The molecule has 3 atom stereocenters. The average molecular weight is 326 g/mol. The monoisotopic (exact) mass is 325 g/mol. The quantitative estimate of drug-likeness (QED) is 0.900. The Labute approximate surface area is 120 Å². The number of hydrogen-bond acceptors (Lipinski definition) is 1. The van der Waals surface area contributed by atoms with E-state index in [-0.39, 0.29) is 11.5 Å². The molecule has 19 heavy (non-hydrogen) atoms. The fourth-order valence-corrected chi connectivity index (χ4v) is 3.98. The number of carbonyl (C=O) groups excluding carboxylic acids is 1. The molecule has 1 amide bonds. The van der Waals surface area contributed by atoms with Crippen molar-refractivity contribution in [2.75, 3.05) is 6.54 Å². The third kappa shape index (κ3) is 2.69. The lowest BCUT2D eigenvalue weighted by Gasteiger charge is -2.21. The summed E-state index contributed by atoms with van der Waals surface area (Å²) < 4.78 is 14.3. The van der Waals surface area contributed by atoms with Crippen LogP contribution in [0.25, 0.3) is 0 Å². The molecule has 4 heteroatoms. The number of amides is 1. The standard InChI is InChI=1S/C15H17BrFNO/c16-12-3-4-14(17)13(7-12)15(19)18-8-11-6-9-1-2-10(11)5-9/h3-4,7,9-11H,1-2,5-6,8H2,(H,18,19). The van der Waals surface area contributed by atoms with Crippen LogP contribution in [0.2, 0.25) is 0 Å². The summed E-state index contributed by atoms with van der Waals surface area (Å²) in [5.74, 6) is 1.47. The molecule has 1 N–H and O–H groups in total. The third-order valence-electron chi connectivity index (χ3n) is 4.58. The molecule has 0 aliphatic heterocycles. The van der Waals surface area contributed by atoms with Crippen molar-refractivity contribution < 1.29 is 9.18 Å². The SMILES string of the molecule is O=C(NCC1CC2CCC1C2)c1cc(Br)ccc1F. The zero-order valence-electron chi connectivity index (χ0n) is 10.7. The second kappa shape index (κ2) is 5.23. The Balaban J connectivity index is 1.61. The van der Waals surface area contributed by atoms with Gasteiger partial charge in [-0.1, -0.05) is 22.4 Å². The second-order valence-corrected chi connectivity index (χ2v) is 6.68. The van der Waals surface area contributed by atoms with Crippen molar-refractivity contribution in [2.24, 2.45) is 17.8 Å². The van der Waals surface area contributed by atoms with E-state index in [0.29, 0.717) is 12.5 Å². The van der Waals surface area contributed by atoms with Crippen LogP contribution in [0.15, 0.2) is 22.7 Å². The lowest BCUT2D eigenvalue weighted by Crippen LogP contribution is -2.32. The van der Waals surface area contributed by atoms with E-state index in [1.54, 1.807) is 6.07 Å². The lowest BCUT2D eigenvalue weighted by molar-refractivity contribution is 0.0937. The highest BCUT2D eigenvalue weighted by Crippen LogP contribution is 2.47. The zero-order chi connectivity index (χ0) is 13.4. The van der Waals surface area contributed by atoms with Gasteiger partial charge in [-0.2, -0.15) is 0 Å². The van der Waals surface area contributed by atoms with Gasteiger partial charge in [-0.05, 0) is 55.2 Å². The van der Waals surface area contributed by atoms with Crippen molar-refractivity contribution in [2.45, 2.75) is 25.7 Å². The van der Waals surface area contributed by atoms with Gasteiger partial charge >= 0.3 is 0 Å². The Kier molecular flexibility index (Phi) is 3.61. The topological polar surface area (TPSA) is 29.1 Å². The summed E-state index contributed by atoms with van der Waals surface area (Å²) in [6.45, 7) is 0.686. The van der Waals surface area contributed by atoms with E-state index < -0.39 is 5.82 Å². The molecular weight excluding hydrogens is 309 g/mol. The van der Waals surface area contributed by atoms with Crippen molar-refractivity contribution in [1.82, 2.24) is 5.32 Å². The maximum absolute atomic E-state index is 13.6. The molecule has 2 aliphatic rings. The highest BCUT2D eigenvalue weighted by molar-refractivity contribution is 9.10. The normalized spacial score (nSPS) is 28.6. The average Bonchev–Trinajstić information content (AvgIpc) is 3.01. The molecule has 0 saturated heterocycles. The van der Waals surface area contributed by atoms with Crippen molar-refractivity contribution >= 4 is 21.8 Å². The fraction of sp³-hybridized carbons (Fsp3) is 0.533. The summed E-state index contributed by atoms with van der Waals surface area (Å²) in [7, 11) is 0. The molecule has 1 aromatic rings. The minimum atomic E-state index is -0.464. The number of benzene rings is 1. The van der Waals surface area contributed by atoms with Crippen LogP contribution in [0.5, 0.6) is 0 Å². The predicted octanol–water partition coefficient (Wildman–Crippen LogP) is 3.75. The molecule has 2 saturated carbocycles. The molecule has 3 unspecified atom stereocenters. The van der Waals surface area contributed by atoms with Gasteiger partial charge in [0.05, 0.1) is 5.56 Å². The number of rotatable bonds is 3. The summed E-state index contributed by atoms with van der Waals surface area (Å²) >= 11 is 3.26. The number of fused-ring (bicyclic) bond motifs is 2. The van der Waals surface area contributed by atoms with Gasteiger partial charge in [0.15, 0.2) is 0 Å². The molecule has 102 valence electrons. The maximum Gasteiger partial charge on any atom is 0.254 e. The van der Waals surface area contributed by atoms with Gasteiger partial charge in [0, 0.05) is 11.0 Å². The Bertz CT molecular complexity index is 505. The van der Waals surface area contributed by atoms with Gasteiger partial charge < -0.3 is 5.32 Å². The van der Waals surface area contributed by atoms with Gasteiger partial charge in [0.25, 0.3) is 5.91 Å². The van der Waals surface area contributed by atoms with E-state index in [1.165, 1.54) is 37.8 Å². The Morgan fingerprint density at radius 1 is 1.37 bits per heavy atom. The van der Waals surface area contributed by atoms with E-state index >= 15 is 0 Å². The molecule has 0 aromatic heterocycles. The molecule has 2 nitrogen and oxygen atoms in total. The summed E-state index contributed by atoms with van der Waals surface area (Å²) in [6.07, 6.45) is 5.21. The Hall–Kier alpha value is -0.900. The van der Waals surface area contributed by atoms with Gasteiger partial charge in [0.2, 0.25) is 0 Å². The van der Waals surface area contributed by atoms with Crippen molar-refractivity contribution in [3.05, 3.63) is 34.1 Å². The van der Waals surface area contributed by atoms with Crippen LogP contribution < -0.4 is 5.32 Å². The lowest BCUT2D eigenvalue weighted by atomic mass is 9.89. The Morgan fingerprint density at radius 3 is 2.89 bits per heavy atom. The molecular formula is C15H17BrFNO. The first-order chi connectivity index (χ1) is 9.13. The van der Waals surface area contributed by atoms with Gasteiger partial charge in [-0.25, -0.2) is 4.39 Å². The summed E-state index contributed by atoms with van der Waals surface area (Å²) in [5, 5.41) is 2.89. The van der Waals surface area contributed by atoms with Crippen molar-refractivity contribution in [1.29, 1.82) is 0 Å². The number of halogens is 2. The Morgan fingerprint density at radius 2 is 2.21 bits per heavy atom. The molecule has 3 rings (SSSR count). The number of hydrogen-bond donors (Lipinski definition) is 1. The van der Waals surface area contributed by atoms with Gasteiger partial charge in [-0.15, -0.1) is 0 Å². The number of nitrogens with one attached hydrogen (secondary N) is 1. The summed E-state index contributed by atoms with van der Waals surface area (Å²) in [5.41, 5.74) is 0.123. The minimum absolute atomic E-state index is 0.123. The van der Waals surface area contributed by atoms with Crippen LogP contribution in [-0.4, -0.2) is 12.5 Å². The van der Waals surface area contributed by atoms with Gasteiger partial charge in [0.1, 0.15) is 5.82 Å². The smallest absolute Gasteiger partial charge is 0.254 e. The van der Waals surface area contributed by atoms with Crippen molar-refractivity contribution in [3.63, 3.8) is 0 Å². The van der Waals surface area contributed by atoms with Gasteiger partial charge in [-0.3, -0.25) is 4.79 Å². The zero-order valence-corrected chi connectivity index (χ0v) is 12.2. The molecule has 0 radical (unpaired) electrons. The first-order valence-electron chi connectivity index (χ1n) is 6.86. The minimum Gasteiger partial charge on any atom is -0.352 e. The van der Waals surface area contributed by atoms with Crippen LogP contribution >= 0.6 is 15.9 Å². The van der Waals surface area contributed by atoms with Crippen LogP contribution in [0.3, 0.4) is 0 Å². The summed E-state index contributed by atoms with van der Waals surface area (Å²) in [6, 6.07) is 4.45. The first kappa shape index (κ1) is 13.1. The van der Waals surface area contributed by atoms with Crippen molar-refractivity contribution in [3.8, 4) is 0 Å². The van der Waals surface area contributed by atoms with E-state index in [4.69, 9.17) is 0 Å². The highest BCUT2D eigenvalue weighted by Gasteiger charge is 2.39. The second-order valence-electron chi connectivity index (χ2n) is 5.77. The molecule has 1 aromatic carbocycles. The fourth-order valence-electron chi connectivity index (χ4n) is 3.62. The van der Waals surface area contributed by atoms with Crippen LogP contribution in [0.1, 0.15) is 36.0 Å². The number of carbonyl (C=O) groups is 1. The molecule has 2 fully saturated rings. The molecule has 2 aliphatic carbocycles. The van der Waals surface area contributed by atoms with E-state index in [9.17, 15) is 9.18 Å². The van der Waals surface area contributed by atoms with Crippen LogP contribution in [0, 0.1) is 23.6 Å². The highest BCUT2D eigenvalue weighted by atomic mass is 79.9. The maximum atomic E-state index is 13.6. The summed E-state index contributed by atoms with van der Waals surface area (Å²) in [4.78, 5) is 12.0. The third-order valence-corrected chi connectivity index (χ3v) is 5.08. The van der Waals surface area contributed by atoms with E-state index in [2.05, 4.69) is 21.2 Å². The van der Waals surface area contributed by atoms with E-state index in [0.717, 1.165) is 16.3 Å². The predicted molar refractivity (Wildman–Crippen MR) is 75.4 cm³/mol.